The van der Waals surface area contributed by atoms with E-state index in [1.807, 2.05) is 30.3 Å². The zero-order chi connectivity index (χ0) is 14.3. The normalized spacial score (nSPS) is 14.8. The van der Waals surface area contributed by atoms with Crippen LogP contribution in [0.15, 0.2) is 36.4 Å². The Bertz CT molecular complexity index is 702. The van der Waals surface area contributed by atoms with Crippen molar-refractivity contribution in [1.82, 2.24) is 0 Å². The Morgan fingerprint density at radius 3 is 2.50 bits per heavy atom. The molecule has 2 aromatic rings. The highest BCUT2D eigenvalue weighted by molar-refractivity contribution is 9.09. The van der Waals surface area contributed by atoms with Gasteiger partial charge in [-0.25, -0.2) is 0 Å². The first kappa shape index (κ1) is 13.9. The number of rotatable bonds is 2. The van der Waals surface area contributed by atoms with Crippen molar-refractivity contribution in [1.29, 1.82) is 0 Å². The number of nitrogens with one attached hydrogen (secondary N) is 1. The molecule has 1 atom stereocenters. The average Bonchev–Trinajstić information content (AvgIpc) is 2.80. The quantitative estimate of drug-likeness (QED) is 0.742. The Morgan fingerprint density at radius 2 is 1.75 bits per heavy atom. The summed E-state index contributed by atoms with van der Waals surface area (Å²) >= 11 is 15.7. The number of hydrogen-bond acceptors (Lipinski definition) is 1. The molecule has 1 aliphatic rings. The third-order valence-electron chi connectivity index (χ3n) is 3.28. The van der Waals surface area contributed by atoms with E-state index in [0.717, 1.165) is 22.4 Å². The van der Waals surface area contributed by atoms with Crippen LogP contribution in [0, 0.1) is 0 Å². The van der Waals surface area contributed by atoms with Crippen LogP contribution in [0.25, 0.3) is 0 Å². The predicted molar refractivity (Wildman–Crippen MR) is 86.0 cm³/mol. The Morgan fingerprint density at radius 1 is 1.05 bits per heavy atom. The fraction of sp³-hybridized carbons (Fsp3) is 0.133. The lowest BCUT2D eigenvalue weighted by Gasteiger charge is -2.13. The van der Waals surface area contributed by atoms with Crippen LogP contribution in [0.2, 0.25) is 10.0 Å². The SMILES string of the molecule is O=C1Cc2cc(C(Br)c3ccc(Cl)c(Cl)c3)ccc2N1. The van der Waals surface area contributed by atoms with E-state index in [9.17, 15) is 4.79 Å². The number of hydrogen-bond donors (Lipinski definition) is 1. The van der Waals surface area contributed by atoms with Crippen molar-refractivity contribution < 1.29 is 4.79 Å². The van der Waals surface area contributed by atoms with Crippen LogP contribution in [-0.4, -0.2) is 5.91 Å². The molecular formula is C15H10BrCl2NO. The summed E-state index contributed by atoms with van der Waals surface area (Å²) in [5.74, 6) is 0.0396. The lowest BCUT2D eigenvalue weighted by molar-refractivity contribution is -0.115. The standard InChI is InChI=1S/C15H10BrCl2NO/c16-15(9-1-3-11(17)12(18)6-9)8-2-4-13-10(5-8)7-14(20)19-13/h1-6,15H,7H2,(H,19,20). The number of halogens is 3. The summed E-state index contributed by atoms with van der Waals surface area (Å²) in [6, 6.07) is 11.5. The topological polar surface area (TPSA) is 29.1 Å². The molecule has 2 aromatic carbocycles. The van der Waals surface area contributed by atoms with Crippen molar-refractivity contribution >= 4 is 50.7 Å². The van der Waals surface area contributed by atoms with Gasteiger partial charge >= 0.3 is 0 Å². The monoisotopic (exact) mass is 369 g/mol. The van der Waals surface area contributed by atoms with Gasteiger partial charge in [-0.05, 0) is 34.9 Å². The third-order valence-corrected chi connectivity index (χ3v) is 5.08. The highest BCUT2D eigenvalue weighted by atomic mass is 79.9. The van der Waals surface area contributed by atoms with Crippen LogP contribution < -0.4 is 5.32 Å². The number of alkyl halides is 1. The van der Waals surface area contributed by atoms with Crippen molar-refractivity contribution in [3.63, 3.8) is 0 Å². The minimum absolute atomic E-state index is 0.0123. The maximum absolute atomic E-state index is 11.4. The average molecular weight is 371 g/mol. The Labute approximate surface area is 135 Å². The third kappa shape index (κ3) is 2.58. The van der Waals surface area contributed by atoms with Gasteiger partial charge < -0.3 is 5.32 Å². The van der Waals surface area contributed by atoms with E-state index in [1.54, 1.807) is 6.07 Å². The van der Waals surface area contributed by atoms with Crippen molar-refractivity contribution in [3.8, 4) is 0 Å². The van der Waals surface area contributed by atoms with Crippen molar-refractivity contribution in [2.45, 2.75) is 11.2 Å². The maximum atomic E-state index is 11.4. The molecule has 0 aromatic heterocycles. The molecule has 3 rings (SSSR count). The number of benzene rings is 2. The zero-order valence-corrected chi connectivity index (χ0v) is 13.4. The second-order valence-electron chi connectivity index (χ2n) is 4.68. The van der Waals surface area contributed by atoms with Gasteiger partial charge in [-0.15, -0.1) is 0 Å². The minimum Gasteiger partial charge on any atom is -0.326 e. The van der Waals surface area contributed by atoms with Crippen LogP contribution in [-0.2, 0) is 11.2 Å². The van der Waals surface area contributed by atoms with Gasteiger partial charge in [0.2, 0.25) is 5.91 Å². The van der Waals surface area contributed by atoms with Crippen LogP contribution in [0.1, 0.15) is 21.5 Å². The lowest BCUT2D eigenvalue weighted by atomic mass is 10.0. The van der Waals surface area contributed by atoms with E-state index in [1.165, 1.54) is 0 Å². The second kappa shape index (κ2) is 5.40. The highest BCUT2D eigenvalue weighted by Crippen LogP contribution is 2.36. The largest absolute Gasteiger partial charge is 0.326 e. The summed E-state index contributed by atoms with van der Waals surface area (Å²) in [7, 11) is 0. The second-order valence-corrected chi connectivity index (χ2v) is 6.41. The van der Waals surface area contributed by atoms with Crippen LogP contribution in [0.3, 0.4) is 0 Å². The fourth-order valence-corrected chi connectivity index (χ4v) is 3.15. The number of amides is 1. The molecule has 0 aliphatic carbocycles. The summed E-state index contributed by atoms with van der Waals surface area (Å²) in [5, 5.41) is 3.90. The summed E-state index contributed by atoms with van der Waals surface area (Å²) < 4.78 is 0. The molecule has 1 aliphatic heterocycles. The molecule has 102 valence electrons. The number of fused-ring (bicyclic) bond motifs is 1. The molecule has 20 heavy (non-hydrogen) atoms. The van der Waals surface area contributed by atoms with Gasteiger partial charge in [0.1, 0.15) is 0 Å². The van der Waals surface area contributed by atoms with Gasteiger partial charge in [-0.2, -0.15) is 0 Å². The van der Waals surface area contributed by atoms with Gasteiger partial charge in [-0.1, -0.05) is 57.3 Å². The van der Waals surface area contributed by atoms with E-state index in [-0.39, 0.29) is 10.7 Å². The predicted octanol–water partition coefficient (Wildman–Crippen LogP) is 4.97. The number of anilines is 1. The molecule has 1 heterocycles. The molecule has 1 amide bonds. The molecule has 0 bridgehead atoms. The minimum atomic E-state index is 0.0123. The summed E-state index contributed by atoms with van der Waals surface area (Å²) in [5.41, 5.74) is 4.03. The van der Waals surface area contributed by atoms with Gasteiger partial charge in [-0.3, -0.25) is 4.79 Å². The molecule has 5 heteroatoms. The first-order valence-electron chi connectivity index (χ1n) is 6.06. The summed E-state index contributed by atoms with van der Waals surface area (Å²) in [4.78, 5) is 11.4. The van der Waals surface area contributed by atoms with Gasteiger partial charge in [0, 0.05) is 5.69 Å². The smallest absolute Gasteiger partial charge is 0.228 e. The van der Waals surface area contributed by atoms with Gasteiger partial charge in [0.15, 0.2) is 0 Å². The molecule has 0 spiro atoms. The van der Waals surface area contributed by atoms with Crippen LogP contribution in [0.5, 0.6) is 0 Å². The number of carbonyl (C=O) groups excluding carboxylic acids is 1. The first-order valence-corrected chi connectivity index (χ1v) is 7.73. The molecule has 2 nitrogen and oxygen atoms in total. The summed E-state index contributed by atoms with van der Waals surface area (Å²) in [6.07, 6.45) is 0.435. The molecule has 0 saturated heterocycles. The molecule has 0 radical (unpaired) electrons. The van der Waals surface area contributed by atoms with E-state index in [0.29, 0.717) is 16.5 Å². The lowest BCUT2D eigenvalue weighted by Crippen LogP contribution is -2.03. The Kier molecular flexibility index (Phi) is 3.76. The van der Waals surface area contributed by atoms with E-state index in [2.05, 4.69) is 21.2 Å². The van der Waals surface area contributed by atoms with E-state index in [4.69, 9.17) is 23.2 Å². The fourth-order valence-electron chi connectivity index (χ4n) is 2.27. The van der Waals surface area contributed by atoms with Crippen molar-refractivity contribution in [3.05, 3.63) is 63.1 Å². The highest BCUT2D eigenvalue weighted by Gasteiger charge is 2.20. The maximum Gasteiger partial charge on any atom is 0.228 e. The van der Waals surface area contributed by atoms with E-state index >= 15 is 0 Å². The van der Waals surface area contributed by atoms with Gasteiger partial charge in [0.05, 0.1) is 21.3 Å². The Hall–Kier alpha value is -1.03. The van der Waals surface area contributed by atoms with Gasteiger partial charge in [0.25, 0.3) is 0 Å². The van der Waals surface area contributed by atoms with Crippen LogP contribution >= 0.6 is 39.1 Å². The zero-order valence-electron chi connectivity index (χ0n) is 10.3. The Balaban J connectivity index is 1.94. The molecule has 1 unspecified atom stereocenters. The summed E-state index contributed by atoms with van der Waals surface area (Å²) in [6.45, 7) is 0. The van der Waals surface area contributed by atoms with Crippen molar-refractivity contribution in [2.24, 2.45) is 0 Å². The van der Waals surface area contributed by atoms with E-state index < -0.39 is 0 Å². The number of carbonyl (C=O) groups is 1. The molecule has 0 saturated carbocycles. The molecule has 1 N–H and O–H groups in total. The van der Waals surface area contributed by atoms with Crippen LogP contribution in [0.4, 0.5) is 5.69 Å². The molecule has 0 fully saturated rings. The first-order chi connectivity index (χ1) is 9.54. The van der Waals surface area contributed by atoms with Crippen molar-refractivity contribution in [2.75, 3.05) is 5.32 Å². The molecular weight excluding hydrogens is 361 g/mol.